The molecule has 4 aliphatic heterocycles. The lowest BCUT2D eigenvalue weighted by molar-refractivity contribution is -0.139. The van der Waals surface area contributed by atoms with E-state index in [0.717, 1.165) is 60.3 Å². The third-order valence-corrected chi connectivity index (χ3v) is 20.1. The second-order valence-corrected chi connectivity index (χ2v) is 25.5. The lowest BCUT2D eigenvalue weighted by atomic mass is 9.30. The Morgan fingerprint density at radius 1 is 0.333 bits per heavy atom. The van der Waals surface area contributed by atoms with Crippen molar-refractivity contribution in [3.05, 3.63) is 319 Å². The van der Waals surface area contributed by atoms with Crippen LogP contribution in [0.25, 0.3) is 11.1 Å². The molecule has 0 amide bonds. The van der Waals surface area contributed by atoms with Crippen LogP contribution in [0.1, 0.15) is 11.1 Å². The van der Waals surface area contributed by atoms with Crippen molar-refractivity contribution in [1.82, 2.24) is 0 Å². The van der Waals surface area contributed by atoms with E-state index in [1.165, 1.54) is 60.9 Å². The number of benzene rings is 13. The Morgan fingerprint density at radius 3 is 1.22 bits per heavy atom. The van der Waals surface area contributed by atoms with E-state index in [1.54, 1.807) is 171 Å². The summed E-state index contributed by atoms with van der Waals surface area (Å²) in [4.78, 5) is 6.65. The van der Waals surface area contributed by atoms with E-state index in [-0.39, 0.29) is 88.7 Å². The summed E-state index contributed by atoms with van der Waals surface area (Å²) < 4.78 is 191. The third-order valence-electron chi connectivity index (χ3n) is 18.9. The Labute approximate surface area is 565 Å². The zero-order valence-electron chi connectivity index (χ0n) is 51.8. The van der Waals surface area contributed by atoms with Gasteiger partial charge in [0.1, 0.15) is 69.3 Å². The maximum absolute atomic E-state index is 18.4. The standard InChI is InChI=1S/C80H46B2F11N5S/c1-45-20-15-27-51(46-21-5-2-6-22-46)73(45)98-67-41-49(94(47-23-7-3-8-24-47)75-56(83)30-16-31-57(75)84)40-66-71(67)81(52-28-11-13-38-64(52)96(66)77-60(87)34-18-35-61(77)88)54-44-55-79(70(74(54)98)80(91,92)93)99-69-43-50(95(48-25-9-4-10-26-48)76-58(85)32-17-33-59(76)86)42-68-72(69)82(55)53-29-12-14-39-65(53)97(68)78-62(89)36-19-37-63(78)90/h2-44H,1H3. The molecule has 0 unspecified atom stereocenters. The number of fused-ring (bicyclic) bond motifs is 8. The van der Waals surface area contributed by atoms with E-state index in [9.17, 15) is 0 Å². The molecule has 480 valence electrons. The van der Waals surface area contributed by atoms with Gasteiger partial charge in [-0.25, -0.2) is 35.1 Å². The normalized spacial score (nSPS) is 13.1. The van der Waals surface area contributed by atoms with Gasteiger partial charge >= 0.3 is 6.18 Å². The number of halogens is 11. The van der Waals surface area contributed by atoms with Gasteiger partial charge in [0.15, 0.2) is 0 Å². The number of rotatable bonds is 10. The second-order valence-electron chi connectivity index (χ2n) is 24.4. The Kier molecular flexibility index (Phi) is 14.5. The highest BCUT2D eigenvalue weighted by molar-refractivity contribution is 8.00. The summed E-state index contributed by atoms with van der Waals surface area (Å²) in [6.45, 7) is -0.697. The first-order valence-electron chi connectivity index (χ1n) is 31.6. The van der Waals surface area contributed by atoms with Gasteiger partial charge < -0.3 is 24.5 Å². The molecular weight excluding hydrogens is 1290 g/mol. The van der Waals surface area contributed by atoms with Gasteiger partial charge in [-0.15, -0.1) is 0 Å². The smallest absolute Gasteiger partial charge is 0.310 e. The molecule has 0 fully saturated rings. The third kappa shape index (κ3) is 9.55. The average molecular weight is 1340 g/mol. The van der Waals surface area contributed by atoms with E-state index in [4.69, 9.17) is 0 Å². The summed E-state index contributed by atoms with van der Waals surface area (Å²) in [7, 11) is 0. The molecule has 0 bridgehead atoms. The van der Waals surface area contributed by atoms with Crippen LogP contribution in [0.5, 0.6) is 0 Å². The number of para-hydroxylation sites is 9. The van der Waals surface area contributed by atoms with Crippen LogP contribution in [0.15, 0.2) is 271 Å². The van der Waals surface area contributed by atoms with Crippen molar-refractivity contribution in [3.63, 3.8) is 0 Å². The van der Waals surface area contributed by atoms with Crippen LogP contribution in [0.3, 0.4) is 0 Å². The first-order valence-corrected chi connectivity index (χ1v) is 32.4. The molecule has 0 N–H and O–H groups in total. The van der Waals surface area contributed by atoms with Gasteiger partial charge in [-0.2, -0.15) is 13.2 Å². The predicted molar refractivity (Wildman–Crippen MR) is 375 cm³/mol. The number of aryl methyl sites for hydroxylation is 1. The minimum absolute atomic E-state index is 0.00763. The number of hydrogen-bond donors (Lipinski definition) is 0. The molecule has 13 aromatic carbocycles. The summed E-state index contributed by atoms with van der Waals surface area (Å²) in [6, 6.07) is 65.3. The van der Waals surface area contributed by atoms with Crippen LogP contribution in [-0.2, 0) is 6.18 Å². The molecule has 19 heteroatoms. The van der Waals surface area contributed by atoms with E-state index in [0.29, 0.717) is 33.1 Å². The fraction of sp³-hybridized carbons (Fsp3) is 0.0250. The van der Waals surface area contributed by atoms with Crippen molar-refractivity contribution in [1.29, 1.82) is 0 Å². The predicted octanol–water partition coefficient (Wildman–Crippen LogP) is 19.6. The fourth-order valence-electron chi connectivity index (χ4n) is 15.1. The molecule has 17 rings (SSSR count). The zero-order valence-corrected chi connectivity index (χ0v) is 52.6. The molecule has 0 saturated carbocycles. The monoisotopic (exact) mass is 1340 g/mol. The van der Waals surface area contributed by atoms with Crippen LogP contribution in [0.4, 0.5) is 134 Å². The fourth-order valence-corrected chi connectivity index (χ4v) is 16.4. The van der Waals surface area contributed by atoms with Gasteiger partial charge in [0.05, 0.1) is 22.6 Å². The summed E-state index contributed by atoms with van der Waals surface area (Å²) in [5.41, 5.74) is 0.350. The molecule has 0 radical (unpaired) electrons. The van der Waals surface area contributed by atoms with E-state index >= 15 is 48.3 Å². The van der Waals surface area contributed by atoms with Gasteiger partial charge in [-0.1, -0.05) is 169 Å². The number of anilines is 15. The van der Waals surface area contributed by atoms with Crippen LogP contribution in [0, 0.1) is 53.5 Å². The van der Waals surface area contributed by atoms with Gasteiger partial charge in [-0.05, 0) is 155 Å². The van der Waals surface area contributed by atoms with Crippen LogP contribution in [0.2, 0.25) is 0 Å². The summed E-state index contributed by atoms with van der Waals surface area (Å²) in [5, 5.41) is 0. The SMILES string of the molecule is Cc1cccc(-c2ccccc2)c1N1c2cc(N(c3ccccc3)c3c(F)cccc3F)cc3c2B(c2ccccc2N3c2c(F)cccc2F)c2cc3c(c(C(F)(F)F)c21)Sc1cc(N(c2ccccc2)c2c(F)cccc2F)cc2c1B3c1ccccc1N2c1c(F)cccc1F. The molecular formula is C80H46B2F11N5S. The van der Waals surface area contributed by atoms with Gasteiger partial charge in [0, 0.05) is 60.9 Å². The molecule has 5 nitrogen and oxygen atoms in total. The summed E-state index contributed by atoms with van der Waals surface area (Å²) in [6.07, 6.45) is -5.32. The van der Waals surface area contributed by atoms with Crippen molar-refractivity contribution in [3.8, 4) is 11.1 Å². The van der Waals surface area contributed by atoms with Crippen molar-refractivity contribution in [2.75, 3.05) is 24.5 Å². The Balaban J connectivity index is 1.04. The number of hydrogen-bond acceptors (Lipinski definition) is 6. The molecule has 0 atom stereocenters. The Hall–Kier alpha value is -11.4. The number of nitrogens with zero attached hydrogens (tertiary/aromatic N) is 5. The minimum atomic E-state index is -5.32. The Bertz CT molecular complexity index is 5410. The molecule has 0 aliphatic carbocycles. The lowest BCUT2D eigenvalue weighted by Gasteiger charge is -2.47. The molecule has 0 saturated heterocycles. The van der Waals surface area contributed by atoms with Gasteiger partial charge in [0.25, 0.3) is 6.71 Å². The molecule has 0 aromatic heterocycles. The lowest BCUT2D eigenvalue weighted by Crippen LogP contribution is -2.65. The van der Waals surface area contributed by atoms with Crippen molar-refractivity contribution < 1.29 is 48.3 Å². The van der Waals surface area contributed by atoms with E-state index in [2.05, 4.69) is 0 Å². The van der Waals surface area contributed by atoms with Crippen LogP contribution >= 0.6 is 11.8 Å². The Morgan fingerprint density at radius 2 is 0.737 bits per heavy atom. The van der Waals surface area contributed by atoms with Crippen molar-refractivity contribution in [2.45, 2.75) is 22.9 Å². The highest BCUT2D eigenvalue weighted by atomic mass is 32.2. The number of alkyl halides is 3. The summed E-state index contributed by atoms with van der Waals surface area (Å²) in [5.74, 6) is -8.00. The maximum atomic E-state index is 18.4. The topological polar surface area (TPSA) is 16.2 Å². The largest absolute Gasteiger partial charge is 0.419 e. The summed E-state index contributed by atoms with van der Waals surface area (Å²) >= 11 is 0.730. The molecule has 4 heterocycles. The first-order chi connectivity index (χ1) is 48.0. The average Bonchev–Trinajstić information content (AvgIpc) is 0.677. The highest BCUT2D eigenvalue weighted by Crippen LogP contribution is 2.57. The quantitative estimate of drug-likeness (QED) is 0.0995. The molecule has 4 aliphatic rings. The van der Waals surface area contributed by atoms with Gasteiger partial charge in [0.2, 0.25) is 6.71 Å². The molecule has 0 spiro atoms. The minimum Gasteiger partial charge on any atom is -0.310 e. The van der Waals surface area contributed by atoms with Crippen LogP contribution in [-0.4, -0.2) is 13.4 Å². The van der Waals surface area contributed by atoms with Crippen molar-refractivity contribution >= 4 is 143 Å². The zero-order chi connectivity index (χ0) is 67.9. The molecule has 99 heavy (non-hydrogen) atoms. The van der Waals surface area contributed by atoms with Crippen molar-refractivity contribution in [2.24, 2.45) is 0 Å². The second kappa shape index (κ2) is 23.4. The molecule has 13 aromatic rings. The van der Waals surface area contributed by atoms with Gasteiger partial charge in [-0.3, -0.25) is 0 Å². The maximum Gasteiger partial charge on any atom is 0.419 e. The first kappa shape index (κ1) is 61.2. The van der Waals surface area contributed by atoms with E-state index < -0.39 is 94.5 Å². The highest BCUT2D eigenvalue weighted by Gasteiger charge is 2.54. The van der Waals surface area contributed by atoms with E-state index in [1.807, 2.05) is 12.1 Å². The van der Waals surface area contributed by atoms with Crippen LogP contribution < -0.4 is 57.3 Å².